The SMILES string of the molecule is CCN(CC)C1CCN(CC2(N)CCCC2)C1. The smallest absolute Gasteiger partial charge is 0.0283 e. The van der Waals surface area contributed by atoms with Gasteiger partial charge in [-0.2, -0.15) is 0 Å². The van der Waals surface area contributed by atoms with Crippen LogP contribution in [0.1, 0.15) is 46.0 Å². The summed E-state index contributed by atoms with van der Waals surface area (Å²) in [7, 11) is 0. The van der Waals surface area contributed by atoms with Crippen LogP contribution < -0.4 is 5.73 Å². The fourth-order valence-electron chi connectivity index (χ4n) is 3.68. The Kier molecular flexibility index (Phi) is 4.45. The van der Waals surface area contributed by atoms with Gasteiger partial charge in [-0.05, 0) is 38.9 Å². The first-order valence-corrected chi connectivity index (χ1v) is 7.42. The van der Waals surface area contributed by atoms with Crippen LogP contribution in [0.15, 0.2) is 0 Å². The highest BCUT2D eigenvalue weighted by atomic mass is 15.3. The lowest BCUT2D eigenvalue weighted by atomic mass is 9.99. The van der Waals surface area contributed by atoms with E-state index in [9.17, 15) is 0 Å². The number of nitrogens with two attached hydrogens (primary N) is 1. The molecule has 0 aromatic rings. The van der Waals surface area contributed by atoms with Crippen molar-refractivity contribution in [3.8, 4) is 0 Å². The van der Waals surface area contributed by atoms with Crippen molar-refractivity contribution in [2.75, 3.05) is 32.7 Å². The lowest BCUT2D eigenvalue weighted by Gasteiger charge is -2.31. The molecule has 2 aliphatic rings. The van der Waals surface area contributed by atoms with Crippen LogP contribution in [0.25, 0.3) is 0 Å². The number of hydrogen-bond acceptors (Lipinski definition) is 3. The monoisotopic (exact) mass is 239 g/mol. The molecule has 1 unspecified atom stereocenters. The molecule has 1 atom stereocenters. The number of nitrogens with zero attached hydrogens (tertiary/aromatic N) is 2. The van der Waals surface area contributed by atoms with Gasteiger partial charge in [-0.15, -0.1) is 0 Å². The highest BCUT2D eigenvalue weighted by molar-refractivity contribution is 4.94. The fraction of sp³-hybridized carbons (Fsp3) is 1.00. The van der Waals surface area contributed by atoms with Crippen LogP contribution in [0.4, 0.5) is 0 Å². The van der Waals surface area contributed by atoms with Crippen LogP contribution in [0, 0.1) is 0 Å². The molecule has 1 saturated carbocycles. The van der Waals surface area contributed by atoms with Crippen molar-refractivity contribution in [1.29, 1.82) is 0 Å². The number of rotatable bonds is 5. The lowest BCUT2D eigenvalue weighted by Crippen LogP contribution is -2.48. The van der Waals surface area contributed by atoms with Gasteiger partial charge in [0.2, 0.25) is 0 Å². The van der Waals surface area contributed by atoms with Gasteiger partial charge in [0.1, 0.15) is 0 Å². The second kappa shape index (κ2) is 5.68. The standard InChI is InChI=1S/C14H29N3/c1-3-17(4-2)13-7-10-16(11-13)12-14(15)8-5-6-9-14/h13H,3-12,15H2,1-2H3. The average Bonchev–Trinajstić information content (AvgIpc) is 2.91. The largest absolute Gasteiger partial charge is 0.324 e. The summed E-state index contributed by atoms with van der Waals surface area (Å²) in [5, 5.41) is 0. The Balaban J connectivity index is 1.81. The first-order chi connectivity index (χ1) is 8.17. The quantitative estimate of drug-likeness (QED) is 0.792. The van der Waals surface area contributed by atoms with Crippen LogP contribution in [-0.4, -0.2) is 54.1 Å². The molecule has 2 fully saturated rings. The average molecular weight is 239 g/mol. The Bertz CT molecular complexity index is 232. The van der Waals surface area contributed by atoms with Gasteiger partial charge in [0.25, 0.3) is 0 Å². The molecule has 1 aliphatic carbocycles. The molecule has 0 aromatic heterocycles. The van der Waals surface area contributed by atoms with E-state index in [1.807, 2.05) is 0 Å². The van der Waals surface area contributed by atoms with E-state index in [1.54, 1.807) is 0 Å². The molecule has 1 saturated heterocycles. The van der Waals surface area contributed by atoms with Crippen LogP contribution in [-0.2, 0) is 0 Å². The van der Waals surface area contributed by atoms with Crippen molar-refractivity contribution < 1.29 is 0 Å². The van der Waals surface area contributed by atoms with Crippen LogP contribution in [0.2, 0.25) is 0 Å². The van der Waals surface area contributed by atoms with Crippen molar-refractivity contribution in [2.45, 2.75) is 57.5 Å². The van der Waals surface area contributed by atoms with Gasteiger partial charge in [-0.3, -0.25) is 9.80 Å². The summed E-state index contributed by atoms with van der Waals surface area (Å²) < 4.78 is 0. The van der Waals surface area contributed by atoms with E-state index in [-0.39, 0.29) is 5.54 Å². The molecule has 3 heteroatoms. The third-order valence-corrected chi connectivity index (χ3v) is 4.71. The molecule has 0 radical (unpaired) electrons. The maximum atomic E-state index is 6.47. The highest BCUT2D eigenvalue weighted by Gasteiger charge is 2.34. The Morgan fingerprint density at radius 3 is 2.47 bits per heavy atom. The summed E-state index contributed by atoms with van der Waals surface area (Å²) in [5.74, 6) is 0. The Labute approximate surface area is 106 Å². The van der Waals surface area contributed by atoms with E-state index in [2.05, 4.69) is 23.6 Å². The number of hydrogen-bond donors (Lipinski definition) is 1. The van der Waals surface area contributed by atoms with Gasteiger partial charge in [-0.1, -0.05) is 26.7 Å². The molecule has 0 aromatic carbocycles. The summed E-state index contributed by atoms with van der Waals surface area (Å²) in [6, 6.07) is 0.773. The first-order valence-electron chi connectivity index (χ1n) is 7.42. The highest BCUT2D eigenvalue weighted by Crippen LogP contribution is 2.29. The predicted molar refractivity (Wildman–Crippen MR) is 73.2 cm³/mol. The van der Waals surface area contributed by atoms with E-state index in [4.69, 9.17) is 5.73 Å². The minimum absolute atomic E-state index is 0.137. The number of likely N-dealkylation sites (tertiary alicyclic amines) is 1. The maximum absolute atomic E-state index is 6.47. The molecule has 17 heavy (non-hydrogen) atoms. The third kappa shape index (κ3) is 3.21. The van der Waals surface area contributed by atoms with Crippen molar-refractivity contribution in [3.63, 3.8) is 0 Å². The molecule has 2 N–H and O–H groups in total. The van der Waals surface area contributed by atoms with Gasteiger partial charge in [0.15, 0.2) is 0 Å². The molecule has 100 valence electrons. The summed E-state index contributed by atoms with van der Waals surface area (Å²) >= 11 is 0. The van der Waals surface area contributed by atoms with E-state index in [0.717, 1.165) is 12.6 Å². The summed E-state index contributed by atoms with van der Waals surface area (Å²) in [5.41, 5.74) is 6.61. The minimum atomic E-state index is 0.137. The molecular formula is C14H29N3. The zero-order valence-corrected chi connectivity index (χ0v) is 11.6. The first kappa shape index (κ1) is 13.3. The molecule has 0 spiro atoms. The molecular weight excluding hydrogens is 210 g/mol. The topological polar surface area (TPSA) is 32.5 Å². The van der Waals surface area contributed by atoms with Crippen molar-refractivity contribution in [1.82, 2.24) is 9.80 Å². The third-order valence-electron chi connectivity index (χ3n) is 4.71. The summed E-state index contributed by atoms with van der Waals surface area (Å²) in [6.07, 6.45) is 6.48. The number of likely N-dealkylation sites (N-methyl/N-ethyl adjacent to an activating group) is 1. The Morgan fingerprint density at radius 2 is 1.88 bits per heavy atom. The van der Waals surface area contributed by atoms with Crippen molar-refractivity contribution in [3.05, 3.63) is 0 Å². The van der Waals surface area contributed by atoms with Crippen molar-refractivity contribution in [2.24, 2.45) is 5.73 Å². The molecule has 0 amide bonds. The van der Waals surface area contributed by atoms with Gasteiger partial charge < -0.3 is 5.73 Å². The molecule has 1 heterocycles. The van der Waals surface area contributed by atoms with E-state index in [0.29, 0.717) is 0 Å². The zero-order chi connectivity index (χ0) is 12.3. The van der Waals surface area contributed by atoms with E-state index in [1.165, 1.54) is 58.3 Å². The molecule has 2 rings (SSSR count). The van der Waals surface area contributed by atoms with Crippen molar-refractivity contribution >= 4 is 0 Å². The Morgan fingerprint density at radius 1 is 1.24 bits per heavy atom. The predicted octanol–water partition coefficient (Wildman–Crippen LogP) is 1.67. The molecule has 0 bridgehead atoms. The second-order valence-electron chi connectivity index (χ2n) is 5.97. The van der Waals surface area contributed by atoms with Gasteiger partial charge in [0, 0.05) is 24.7 Å². The lowest BCUT2D eigenvalue weighted by molar-refractivity contribution is 0.194. The summed E-state index contributed by atoms with van der Waals surface area (Å²) in [4.78, 5) is 5.20. The van der Waals surface area contributed by atoms with Crippen LogP contribution in [0.3, 0.4) is 0 Å². The Hall–Kier alpha value is -0.120. The fourth-order valence-corrected chi connectivity index (χ4v) is 3.68. The normalized spacial score (nSPS) is 29.3. The van der Waals surface area contributed by atoms with Crippen LogP contribution >= 0.6 is 0 Å². The van der Waals surface area contributed by atoms with Gasteiger partial charge in [0.05, 0.1) is 0 Å². The summed E-state index contributed by atoms with van der Waals surface area (Å²) in [6.45, 7) is 10.5. The van der Waals surface area contributed by atoms with Crippen LogP contribution in [0.5, 0.6) is 0 Å². The van der Waals surface area contributed by atoms with Gasteiger partial charge in [-0.25, -0.2) is 0 Å². The zero-order valence-electron chi connectivity index (χ0n) is 11.6. The molecule has 1 aliphatic heterocycles. The molecule has 3 nitrogen and oxygen atoms in total. The van der Waals surface area contributed by atoms with E-state index >= 15 is 0 Å². The second-order valence-corrected chi connectivity index (χ2v) is 5.97. The minimum Gasteiger partial charge on any atom is -0.324 e. The maximum Gasteiger partial charge on any atom is 0.0283 e. The van der Waals surface area contributed by atoms with E-state index < -0.39 is 0 Å². The van der Waals surface area contributed by atoms with Gasteiger partial charge >= 0.3 is 0 Å².